The van der Waals surface area contributed by atoms with Crippen molar-refractivity contribution in [2.75, 3.05) is 12.3 Å². The van der Waals surface area contributed by atoms with E-state index in [1.54, 1.807) is 13.0 Å². The van der Waals surface area contributed by atoms with Gasteiger partial charge in [0.25, 0.3) is 0 Å². The van der Waals surface area contributed by atoms with Crippen molar-refractivity contribution in [3.05, 3.63) is 22.7 Å². The Hall–Kier alpha value is -0.820. The highest BCUT2D eigenvalue weighted by molar-refractivity contribution is 7.89. The van der Waals surface area contributed by atoms with Crippen molar-refractivity contribution in [2.24, 2.45) is 0 Å². The number of anilines is 1. The van der Waals surface area contributed by atoms with Crippen LogP contribution in [0.2, 0.25) is 5.02 Å². The third-order valence-corrected chi connectivity index (χ3v) is 5.61. The highest BCUT2D eigenvalue weighted by Crippen LogP contribution is 2.29. The first kappa shape index (κ1) is 16.5. The number of halogens is 1. The second kappa shape index (κ2) is 5.76. The zero-order valence-corrected chi connectivity index (χ0v) is 14.0. The minimum atomic E-state index is -3.70. The number of ether oxygens (including phenoxy) is 1. The number of hydrogen-bond acceptors (Lipinski definition) is 4. The molecule has 0 aromatic heterocycles. The van der Waals surface area contributed by atoms with Gasteiger partial charge in [-0.2, -0.15) is 0 Å². The molecule has 118 valence electrons. The molecule has 2 rings (SSSR count). The van der Waals surface area contributed by atoms with Gasteiger partial charge in [-0.25, -0.2) is 13.1 Å². The Labute approximate surface area is 130 Å². The van der Waals surface area contributed by atoms with E-state index in [0.717, 1.165) is 5.56 Å². The van der Waals surface area contributed by atoms with E-state index in [1.165, 1.54) is 6.07 Å². The number of sulfonamides is 1. The van der Waals surface area contributed by atoms with Crippen LogP contribution in [0.1, 0.15) is 32.3 Å². The Kier molecular flexibility index (Phi) is 4.54. The molecule has 1 unspecified atom stereocenters. The van der Waals surface area contributed by atoms with Gasteiger partial charge >= 0.3 is 0 Å². The summed E-state index contributed by atoms with van der Waals surface area (Å²) in [5.74, 6) is 0. The van der Waals surface area contributed by atoms with Gasteiger partial charge in [0.15, 0.2) is 0 Å². The van der Waals surface area contributed by atoms with Gasteiger partial charge in [0.05, 0.1) is 10.6 Å². The molecular formula is C14H21ClN2O3S. The zero-order valence-electron chi connectivity index (χ0n) is 12.4. The Morgan fingerprint density at radius 2 is 2.10 bits per heavy atom. The molecule has 0 saturated carbocycles. The number of benzene rings is 1. The molecule has 0 radical (unpaired) electrons. The summed E-state index contributed by atoms with van der Waals surface area (Å²) in [5.41, 5.74) is 6.62. The van der Waals surface area contributed by atoms with Crippen molar-refractivity contribution in [1.82, 2.24) is 4.72 Å². The van der Waals surface area contributed by atoms with Gasteiger partial charge < -0.3 is 10.5 Å². The molecule has 1 heterocycles. The largest absolute Gasteiger partial charge is 0.398 e. The summed E-state index contributed by atoms with van der Waals surface area (Å²) in [6.45, 7) is 6.21. The van der Waals surface area contributed by atoms with Crippen molar-refractivity contribution in [2.45, 2.75) is 50.2 Å². The van der Waals surface area contributed by atoms with E-state index in [4.69, 9.17) is 22.1 Å². The fraction of sp³-hybridized carbons (Fsp3) is 0.571. The maximum absolute atomic E-state index is 12.5. The molecule has 0 amide bonds. The van der Waals surface area contributed by atoms with Gasteiger partial charge in [-0.3, -0.25) is 0 Å². The van der Waals surface area contributed by atoms with Crippen LogP contribution in [0.5, 0.6) is 0 Å². The lowest BCUT2D eigenvalue weighted by Gasteiger charge is -2.35. The molecule has 3 N–H and O–H groups in total. The van der Waals surface area contributed by atoms with Crippen molar-refractivity contribution < 1.29 is 13.2 Å². The smallest absolute Gasteiger partial charge is 0.242 e. The minimum Gasteiger partial charge on any atom is -0.398 e. The van der Waals surface area contributed by atoms with Crippen LogP contribution < -0.4 is 10.5 Å². The standard InChI is InChI=1S/C14H21ClN2O3S/c1-9-6-11(15)13(7-12(9)16)21(18,19)17-10-4-5-20-14(2,3)8-10/h6-7,10,17H,4-5,8,16H2,1-3H3. The first-order valence-electron chi connectivity index (χ1n) is 6.83. The van der Waals surface area contributed by atoms with Crippen molar-refractivity contribution in [3.8, 4) is 0 Å². The molecule has 0 aliphatic carbocycles. The fourth-order valence-corrected chi connectivity index (χ4v) is 4.38. The summed E-state index contributed by atoms with van der Waals surface area (Å²) in [6, 6.07) is 2.81. The van der Waals surface area contributed by atoms with Gasteiger partial charge in [-0.15, -0.1) is 0 Å². The summed E-state index contributed by atoms with van der Waals surface area (Å²) in [7, 11) is -3.70. The van der Waals surface area contributed by atoms with Crippen LogP contribution in [0.25, 0.3) is 0 Å². The molecule has 1 atom stereocenters. The fourth-order valence-electron chi connectivity index (χ4n) is 2.49. The lowest BCUT2D eigenvalue weighted by molar-refractivity contribution is -0.0599. The molecule has 1 fully saturated rings. The quantitative estimate of drug-likeness (QED) is 0.833. The van der Waals surface area contributed by atoms with Crippen LogP contribution in [0, 0.1) is 6.92 Å². The second-order valence-electron chi connectivity index (χ2n) is 6.06. The van der Waals surface area contributed by atoms with Gasteiger partial charge in [-0.1, -0.05) is 11.6 Å². The first-order chi connectivity index (χ1) is 9.61. The van der Waals surface area contributed by atoms with E-state index < -0.39 is 10.0 Å². The van der Waals surface area contributed by atoms with E-state index in [1.807, 2.05) is 13.8 Å². The van der Waals surface area contributed by atoms with Crippen LogP contribution in [0.4, 0.5) is 5.69 Å². The Bertz CT molecular complexity index is 644. The molecular weight excluding hydrogens is 312 g/mol. The summed E-state index contributed by atoms with van der Waals surface area (Å²) < 4.78 is 33.3. The second-order valence-corrected chi connectivity index (χ2v) is 8.15. The van der Waals surface area contributed by atoms with Crippen molar-refractivity contribution >= 4 is 27.3 Å². The first-order valence-corrected chi connectivity index (χ1v) is 8.69. The zero-order chi connectivity index (χ0) is 15.8. The van der Waals surface area contributed by atoms with Crippen LogP contribution in [-0.4, -0.2) is 26.7 Å². The predicted octanol–water partition coefficient (Wildman–Crippen LogP) is 2.47. The predicted molar refractivity (Wildman–Crippen MR) is 84.0 cm³/mol. The molecule has 1 aromatic rings. The van der Waals surface area contributed by atoms with Crippen molar-refractivity contribution in [1.29, 1.82) is 0 Å². The minimum absolute atomic E-state index is 0.0246. The summed E-state index contributed by atoms with van der Waals surface area (Å²) >= 11 is 6.06. The maximum Gasteiger partial charge on any atom is 0.242 e. The average Bonchev–Trinajstić information content (AvgIpc) is 2.31. The third-order valence-electron chi connectivity index (χ3n) is 3.63. The Morgan fingerprint density at radius 1 is 1.43 bits per heavy atom. The van der Waals surface area contributed by atoms with Crippen molar-refractivity contribution in [3.63, 3.8) is 0 Å². The average molecular weight is 333 g/mol. The van der Waals surface area contributed by atoms with E-state index in [9.17, 15) is 8.42 Å². The molecule has 0 bridgehead atoms. The number of hydrogen-bond donors (Lipinski definition) is 2. The monoisotopic (exact) mass is 332 g/mol. The van der Waals surface area contributed by atoms with Crippen LogP contribution >= 0.6 is 11.6 Å². The number of aryl methyl sites for hydroxylation is 1. The molecule has 7 heteroatoms. The number of nitrogens with two attached hydrogens (primary N) is 1. The highest BCUT2D eigenvalue weighted by Gasteiger charge is 2.32. The molecule has 1 aliphatic heterocycles. The highest BCUT2D eigenvalue weighted by atomic mass is 35.5. The van der Waals surface area contributed by atoms with E-state index in [0.29, 0.717) is 25.1 Å². The van der Waals surface area contributed by atoms with Crippen LogP contribution in [0.3, 0.4) is 0 Å². The number of nitrogen functional groups attached to an aromatic ring is 1. The molecule has 1 aromatic carbocycles. The summed E-state index contributed by atoms with van der Waals surface area (Å²) in [4.78, 5) is 0.0246. The lowest BCUT2D eigenvalue weighted by Crippen LogP contribution is -2.45. The normalized spacial score (nSPS) is 22.2. The van der Waals surface area contributed by atoms with E-state index >= 15 is 0 Å². The molecule has 1 aliphatic rings. The molecule has 21 heavy (non-hydrogen) atoms. The third kappa shape index (κ3) is 3.88. The number of nitrogens with one attached hydrogen (secondary N) is 1. The van der Waals surface area contributed by atoms with Crippen LogP contribution in [-0.2, 0) is 14.8 Å². The topological polar surface area (TPSA) is 81.4 Å². The lowest BCUT2D eigenvalue weighted by atomic mass is 9.95. The Balaban J connectivity index is 2.25. The molecule has 0 spiro atoms. The van der Waals surface area contributed by atoms with E-state index in [2.05, 4.69) is 4.72 Å². The van der Waals surface area contributed by atoms with Gasteiger partial charge in [-0.05, 0) is 51.3 Å². The Morgan fingerprint density at radius 3 is 2.71 bits per heavy atom. The summed E-state index contributed by atoms with van der Waals surface area (Å²) in [5, 5.41) is 0.181. The van der Waals surface area contributed by atoms with Gasteiger partial charge in [0, 0.05) is 18.3 Å². The van der Waals surface area contributed by atoms with E-state index in [-0.39, 0.29) is 21.6 Å². The van der Waals surface area contributed by atoms with Crippen LogP contribution in [0.15, 0.2) is 17.0 Å². The summed E-state index contributed by atoms with van der Waals surface area (Å²) in [6.07, 6.45) is 1.26. The maximum atomic E-state index is 12.5. The molecule has 5 nitrogen and oxygen atoms in total. The molecule has 1 saturated heterocycles. The van der Waals surface area contributed by atoms with Gasteiger partial charge in [0.1, 0.15) is 4.90 Å². The van der Waals surface area contributed by atoms with Gasteiger partial charge in [0.2, 0.25) is 10.0 Å². The SMILES string of the molecule is Cc1cc(Cl)c(S(=O)(=O)NC2CCOC(C)(C)C2)cc1N. The number of rotatable bonds is 3.